The zero-order chi connectivity index (χ0) is 13.1. The summed E-state index contributed by atoms with van der Waals surface area (Å²) in [4.78, 5) is 4.38. The molecule has 0 aliphatic heterocycles. The summed E-state index contributed by atoms with van der Waals surface area (Å²) in [5, 5.41) is 12.2. The van der Waals surface area contributed by atoms with Crippen LogP contribution in [0.15, 0.2) is 12.4 Å². The van der Waals surface area contributed by atoms with Gasteiger partial charge in [0.1, 0.15) is 11.4 Å². The van der Waals surface area contributed by atoms with Gasteiger partial charge in [-0.1, -0.05) is 13.8 Å². The van der Waals surface area contributed by atoms with Crippen molar-refractivity contribution >= 4 is 0 Å². The smallest absolute Gasteiger partial charge is 0.111 e. The summed E-state index contributed by atoms with van der Waals surface area (Å²) in [6.07, 6.45) is 4.58. The molecule has 0 saturated carbocycles. The molecule has 0 spiro atoms. The molecule has 0 saturated heterocycles. The van der Waals surface area contributed by atoms with E-state index in [2.05, 4.69) is 41.7 Å². The Morgan fingerprint density at radius 1 is 1.53 bits per heavy atom. The minimum absolute atomic E-state index is 0.256. The third-order valence-corrected chi connectivity index (χ3v) is 3.19. The highest BCUT2D eigenvalue weighted by Crippen LogP contribution is 2.24. The molecule has 0 bridgehead atoms. The topological polar surface area (TPSA) is 53.6 Å². The fraction of sp³-hybridized carbons (Fsp3) is 0.692. The van der Waals surface area contributed by atoms with Crippen LogP contribution in [-0.4, -0.2) is 22.1 Å². The van der Waals surface area contributed by atoms with E-state index in [0.717, 1.165) is 12.2 Å². The molecule has 0 aliphatic carbocycles. The highest BCUT2D eigenvalue weighted by molar-refractivity contribution is 5.06. The number of aromatic nitrogens is 2. The minimum atomic E-state index is -0.488. The van der Waals surface area contributed by atoms with Gasteiger partial charge in [0.05, 0.1) is 6.07 Å². The minimum Gasteiger partial charge on any atom is -0.332 e. The monoisotopic (exact) mass is 234 g/mol. The lowest BCUT2D eigenvalue weighted by molar-refractivity contribution is 0.359. The van der Waals surface area contributed by atoms with Gasteiger partial charge in [0.2, 0.25) is 0 Å². The number of hydrogen-bond donors (Lipinski definition) is 1. The van der Waals surface area contributed by atoms with Crippen molar-refractivity contribution in [3.63, 3.8) is 0 Å². The van der Waals surface area contributed by atoms with Gasteiger partial charge in [0.25, 0.3) is 0 Å². The van der Waals surface area contributed by atoms with Gasteiger partial charge in [-0.2, -0.15) is 5.26 Å². The van der Waals surface area contributed by atoms with Gasteiger partial charge in [-0.25, -0.2) is 4.98 Å². The van der Waals surface area contributed by atoms with E-state index in [4.69, 9.17) is 0 Å². The molecule has 1 aromatic heterocycles. The number of nitriles is 1. The van der Waals surface area contributed by atoms with Crippen LogP contribution in [0.5, 0.6) is 0 Å². The van der Waals surface area contributed by atoms with Crippen molar-refractivity contribution in [2.75, 3.05) is 7.05 Å². The first-order valence-corrected chi connectivity index (χ1v) is 6.06. The molecule has 0 aromatic carbocycles. The van der Waals surface area contributed by atoms with Gasteiger partial charge in [0.15, 0.2) is 0 Å². The molecule has 4 nitrogen and oxygen atoms in total. The number of nitrogens with zero attached hydrogens (tertiary/aromatic N) is 3. The summed E-state index contributed by atoms with van der Waals surface area (Å²) >= 11 is 0. The Morgan fingerprint density at radius 3 is 2.65 bits per heavy atom. The molecule has 0 radical (unpaired) electrons. The van der Waals surface area contributed by atoms with Crippen LogP contribution in [0.4, 0.5) is 0 Å². The molecule has 17 heavy (non-hydrogen) atoms. The van der Waals surface area contributed by atoms with Gasteiger partial charge in [-0.3, -0.25) is 0 Å². The Labute approximate surface area is 104 Å². The molecule has 0 aliphatic rings. The summed E-state index contributed by atoms with van der Waals surface area (Å²) in [5.41, 5.74) is -0.488. The van der Waals surface area contributed by atoms with Gasteiger partial charge >= 0.3 is 0 Å². The van der Waals surface area contributed by atoms with Gasteiger partial charge < -0.3 is 9.88 Å². The predicted octanol–water partition coefficient (Wildman–Crippen LogP) is 2.46. The van der Waals surface area contributed by atoms with Crippen LogP contribution in [0.3, 0.4) is 0 Å². The molecule has 0 amide bonds. The first-order chi connectivity index (χ1) is 7.93. The Hall–Kier alpha value is -1.34. The number of nitrogens with one attached hydrogen (secondary N) is 1. The second-order valence-corrected chi connectivity index (χ2v) is 5.09. The van der Waals surface area contributed by atoms with E-state index in [1.54, 1.807) is 0 Å². The second-order valence-electron chi connectivity index (χ2n) is 5.09. The maximum Gasteiger partial charge on any atom is 0.111 e. The molecule has 1 aromatic rings. The lowest BCUT2D eigenvalue weighted by atomic mass is 9.95. The lowest BCUT2D eigenvalue weighted by Crippen LogP contribution is -2.40. The van der Waals surface area contributed by atoms with E-state index >= 15 is 0 Å². The van der Waals surface area contributed by atoms with E-state index in [1.807, 2.05) is 26.4 Å². The summed E-state index contributed by atoms with van der Waals surface area (Å²) < 4.78 is 2.16. The Balaban J connectivity index is 2.87. The van der Waals surface area contributed by atoms with Crippen LogP contribution in [0, 0.1) is 11.3 Å². The van der Waals surface area contributed by atoms with Crippen molar-refractivity contribution in [2.45, 2.75) is 51.6 Å². The van der Waals surface area contributed by atoms with Crippen molar-refractivity contribution in [1.82, 2.24) is 14.9 Å². The third-order valence-electron chi connectivity index (χ3n) is 3.19. The maximum atomic E-state index is 9.17. The number of imidazole rings is 1. The van der Waals surface area contributed by atoms with Gasteiger partial charge in [0, 0.05) is 24.4 Å². The van der Waals surface area contributed by atoms with E-state index in [-0.39, 0.29) is 6.04 Å². The molecule has 1 heterocycles. The van der Waals surface area contributed by atoms with Crippen LogP contribution in [0.2, 0.25) is 0 Å². The normalized spacial score (nSPS) is 16.5. The van der Waals surface area contributed by atoms with Crippen LogP contribution in [-0.2, 0) is 0 Å². The van der Waals surface area contributed by atoms with E-state index in [1.165, 1.54) is 0 Å². The molecular weight excluding hydrogens is 212 g/mol. The summed E-state index contributed by atoms with van der Waals surface area (Å²) in [6.45, 7) is 8.32. The second kappa shape index (κ2) is 5.33. The summed E-state index contributed by atoms with van der Waals surface area (Å²) in [7, 11) is 1.83. The first-order valence-electron chi connectivity index (χ1n) is 6.06. The van der Waals surface area contributed by atoms with Crippen LogP contribution in [0.25, 0.3) is 0 Å². The standard InChI is InChI=1S/C13H22N4/c1-10(2)12-16-6-7-17(12)11(3)8-13(4,9-14)15-5/h6-7,10-11,15H,8H2,1-5H3. The van der Waals surface area contributed by atoms with E-state index in [9.17, 15) is 5.26 Å². The van der Waals surface area contributed by atoms with Crippen molar-refractivity contribution in [1.29, 1.82) is 5.26 Å². The van der Waals surface area contributed by atoms with Gasteiger partial charge in [-0.15, -0.1) is 0 Å². The Morgan fingerprint density at radius 2 is 2.18 bits per heavy atom. The Bertz CT molecular complexity index is 402. The average molecular weight is 234 g/mol. The summed E-state index contributed by atoms with van der Waals surface area (Å²) in [5.74, 6) is 1.48. The number of hydrogen-bond acceptors (Lipinski definition) is 3. The number of rotatable bonds is 5. The van der Waals surface area contributed by atoms with E-state index in [0.29, 0.717) is 5.92 Å². The quantitative estimate of drug-likeness (QED) is 0.851. The van der Waals surface area contributed by atoms with Crippen molar-refractivity contribution in [3.05, 3.63) is 18.2 Å². The highest BCUT2D eigenvalue weighted by Gasteiger charge is 2.26. The predicted molar refractivity (Wildman–Crippen MR) is 68.7 cm³/mol. The molecule has 4 heteroatoms. The zero-order valence-electron chi connectivity index (χ0n) is 11.4. The lowest BCUT2D eigenvalue weighted by Gasteiger charge is -2.27. The highest BCUT2D eigenvalue weighted by atomic mass is 15.1. The van der Waals surface area contributed by atoms with Gasteiger partial charge in [-0.05, 0) is 27.3 Å². The zero-order valence-corrected chi connectivity index (χ0v) is 11.4. The molecule has 1 rings (SSSR count). The molecule has 2 atom stereocenters. The molecule has 2 unspecified atom stereocenters. The average Bonchev–Trinajstić information content (AvgIpc) is 2.77. The molecule has 94 valence electrons. The molecular formula is C13H22N4. The summed E-state index contributed by atoms with van der Waals surface area (Å²) in [6, 6.07) is 2.58. The maximum absolute atomic E-state index is 9.17. The van der Waals surface area contributed by atoms with Crippen molar-refractivity contribution in [2.24, 2.45) is 0 Å². The fourth-order valence-corrected chi connectivity index (χ4v) is 2.04. The first kappa shape index (κ1) is 13.7. The van der Waals surface area contributed by atoms with Crippen molar-refractivity contribution in [3.8, 4) is 6.07 Å². The van der Waals surface area contributed by atoms with Crippen molar-refractivity contribution < 1.29 is 0 Å². The SMILES string of the molecule is CNC(C)(C#N)CC(C)n1ccnc1C(C)C. The largest absolute Gasteiger partial charge is 0.332 e. The van der Waals surface area contributed by atoms with Crippen LogP contribution >= 0.6 is 0 Å². The third kappa shape index (κ3) is 3.07. The molecule has 1 N–H and O–H groups in total. The Kier molecular flexibility index (Phi) is 4.30. The van der Waals surface area contributed by atoms with E-state index < -0.39 is 5.54 Å². The van der Waals surface area contributed by atoms with Crippen LogP contribution < -0.4 is 5.32 Å². The fourth-order valence-electron chi connectivity index (χ4n) is 2.04. The molecule has 0 fully saturated rings. The van der Waals surface area contributed by atoms with Crippen LogP contribution in [0.1, 0.15) is 51.9 Å².